The van der Waals surface area contributed by atoms with Gasteiger partial charge in [-0.25, -0.2) is 0 Å². The molecule has 2 nitrogen and oxygen atoms in total. The minimum atomic E-state index is 0.142. The largest absolute Gasteiger partial charge is 0.396 e. The number of aliphatic hydroxyl groups excluding tert-OH is 1. The summed E-state index contributed by atoms with van der Waals surface area (Å²) >= 11 is 6.16. The van der Waals surface area contributed by atoms with E-state index in [1.165, 1.54) is 17.7 Å². The van der Waals surface area contributed by atoms with Gasteiger partial charge in [-0.15, -0.1) is 0 Å². The van der Waals surface area contributed by atoms with Crippen molar-refractivity contribution in [2.75, 3.05) is 18.5 Å². The van der Waals surface area contributed by atoms with Crippen molar-refractivity contribution in [1.29, 1.82) is 0 Å². The van der Waals surface area contributed by atoms with Gasteiger partial charge in [0.05, 0.1) is 0 Å². The second kappa shape index (κ2) is 9.59. The highest BCUT2D eigenvalue weighted by molar-refractivity contribution is 6.31. The molecule has 0 aromatic heterocycles. The van der Waals surface area contributed by atoms with E-state index >= 15 is 0 Å². The van der Waals surface area contributed by atoms with Crippen molar-refractivity contribution in [3.05, 3.63) is 64.7 Å². The van der Waals surface area contributed by atoms with Crippen LogP contribution in [0.15, 0.2) is 48.5 Å². The second-order valence-electron chi connectivity index (χ2n) is 6.01. The number of para-hydroxylation sites is 1. The third-order valence-electron chi connectivity index (χ3n) is 4.19. The first-order valence-corrected chi connectivity index (χ1v) is 8.76. The van der Waals surface area contributed by atoms with E-state index in [1.807, 2.05) is 12.1 Å². The highest BCUT2D eigenvalue weighted by Gasteiger charge is 2.08. The molecule has 2 aromatic carbocycles. The van der Waals surface area contributed by atoms with Crippen molar-refractivity contribution in [3.8, 4) is 0 Å². The Morgan fingerprint density at radius 1 is 1.09 bits per heavy atom. The van der Waals surface area contributed by atoms with E-state index in [4.69, 9.17) is 16.7 Å². The predicted molar refractivity (Wildman–Crippen MR) is 99.4 cm³/mol. The van der Waals surface area contributed by atoms with Gasteiger partial charge in [0.25, 0.3) is 0 Å². The summed E-state index contributed by atoms with van der Waals surface area (Å²) in [6.07, 6.45) is 4.15. The molecular weight excluding hydrogens is 306 g/mol. The Labute approximate surface area is 144 Å². The number of aliphatic hydroxyl groups is 1. The lowest BCUT2D eigenvalue weighted by atomic mass is 9.93. The van der Waals surface area contributed by atoms with E-state index < -0.39 is 0 Å². The molecule has 2 N–H and O–H groups in total. The molecule has 0 amide bonds. The number of anilines is 1. The van der Waals surface area contributed by atoms with Crippen molar-refractivity contribution in [2.24, 2.45) is 0 Å². The van der Waals surface area contributed by atoms with Gasteiger partial charge in [-0.1, -0.05) is 55.3 Å². The van der Waals surface area contributed by atoms with Crippen molar-refractivity contribution in [1.82, 2.24) is 0 Å². The molecule has 2 rings (SSSR count). The topological polar surface area (TPSA) is 32.3 Å². The normalized spacial score (nSPS) is 12.1. The highest BCUT2D eigenvalue weighted by atomic mass is 35.5. The quantitative estimate of drug-likeness (QED) is 0.614. The van der Waals surface area contributed by atoms with Crippen molar-refractivity contribution >= 4 is 17.3 Å². The van der Waals surface area contributed by atoms with Crippen LogP contribution in [0.3, 0.4) is 0 Å². The number of halogens is 1. The van der Waals surface area contributed by atoms with E-state index in [-0.39, 0.29) is 6.61 Å². The SMILES string of the molecule is CC(CCCCNc1ccccc1)c1ccc(Cl)c(CCO)c1. The lowest BCUT2D eigenvalue weighted by Crippen LogP contribution is -2.02. The first kappa shape index (κ1) is 17.8. The van der Waals surface area contributed by atoms with Gasteiger partial charge in [-0.3, -0.25) is 0 Å². The Kier molecular flexibility index (Phi) is 7.44. The molecule has 0 saturated carbocycles. The van der Waals surface area contributed by atoms with Crippen LogP contribution >= 0.6 is 11.6 Å². The van der Waals surface area contributed by atoms with Gasteiger partial charge in [-0.2, -0.15) is 0 Å². The fourth-order valence-electron chi connectivity index (χ4n) is 2.74. The van der Waals surface area contributed by atoms with Gasteiger partial charge in [0.15, 0.2) is 0 Å². The third-order valence-corrected chi connectivity index (χ3v) is 4.56. The Balaban J connectivity index is 1.74. The minimum absolute atomic E-state index is 0.142. The molecule has 0 heterocycles. The summed E-state index contributed by atoms with van der Waals surface area (Å²) in [6, 6.07) is 16.5. The maximum Gasteiger partial charge on any atom is 0.0471 e. The molecular formula is C20H26ClNO. The molecule has 0 aliphatic rings. The number of hydrogen-bond donors (Lipinski definition) is 2. The van der Waals surface area contributed by atoms with E-state index in [0.29, 0.717) is 12.3 Å². The zero-order valence-corrected chi connectivity index (χ0v) is 14.5. The Morgan fingerprint density at radius 2 is 1.87 bits per heavy atom. The molecule has 0 bridgehead atoms. The van der Waals surface area contributed by atoms with E-state index in [1.54, 1.807) is 0 Å². The fraction of sp³-hybridized carbons (Fsp3) is 0.400. The first-order chi connectivity index (χ1) is 11.2. The highest BCUT2D eigenvalue weighted by Crippen LogP contribution is 2.26. The van der Waals surface area contributed by atoms with Crippen LogP contribution in [-0.2, 0) is 6.42 Å². The predicted octanol–water partition coefficient (Wildman–Crippen LogP) is 5.26. The Morgan fingerprint density at radius 3 is 2.61 bits per heavy atom. The van der Waals surface area contributed by atoms with Gasteiger partial charge < -0.3 is 10.4 Å². The molecule has 0 fully saturated rings. The molecule has 0 aliphatic carbocycles. The van der Waals surface area contributed by atoms with Crippen LogP contribution in [0.25, 0.3) is 0 Å². The summed E-state index contributed by atoms with van der Waals surface area (Å²) < 4.78 is 0. The summed E-state index contributed by atoms with van der Waals surface area (Å²) in [7, 11) is 0. The standard InChI is InChI=1S/C20H26ClNO/c1-16(17-10-11-20(21)18(15-17)12-14-23)7-5-6-13-22-19-8-3-2-4-9-19/h2-4,8-11,15-16,22-23H,5-7,12-14H2,1H3. The molecule has 23 heavy (non-hydrogen) atoms. The molecule has 2 aromatic rings. The van der Waals surface area contributed by atoms with Gasteiger partial charge in [0.2, 0.25) is 0 Å². The Bertz CT molecular complexity index is 585. The van der Waals surface area contributed by atoms with Crippen LogP contribution in [-0.4, -0.2) is 18.3 Å². The summed E-state index contributed by atoms with van der Waals surface area (Å²) in [5, 5.41) is 13.3. The lowest BCUT2D eigenvalue weighted by molar-refractivity contribution is 0.299. The van der Waals surface area contributed by atoms with Gasteiger partial charge in [-0.05, 0) is 54.5 Å². The van der Waals surface area contributed by atoms with E-state index in [0.717, 1.165) is 30.0 Å². The van der Waals surface area contributed by atoms with Crippen LogP contribution in [0, 0.1) is 0 Å². The number of nitrogens with one attached hydrogen (secondary N) is 1. The van der Waals surface area contributed by atoms with Gasteiger partial charge in [0, 0.05) is 23.9 Å². The summed E-state index contributed by atoms with van der Waals surface area (Å²) in [5.74, 6) is 0.515. The Hall–Kier alpha value is -1.51. The zero-order chi connectivity index (χ0) is 16.5. The summed E-state index contributed by atoms with van der Waals surface area (Å²) in [4.78, 5) is 0. The maximum absolute atomic E-state index is 9.10. The van der Waals surface area contributed by atoms with E-state index in [2.05, 4.69) is 48.6 Å². The molecule has 0 radical (unpaired) electrons. The number of rotatable bonds is 9. The van der Waals surface area contributed by atoms with Crippen molar-refractivity contribution in [2.45, 2.75) is 38.5 Å². The van der Waals surface area contributed by atoms with E-state index in [9.17, 15) is 0 Å². The van der Waals surface area contributed by atoms with Gasteiger partial charge >= 0.3 is 0 Å². The van der Waals surface area contributed by atoms with Gasteiger partial charge in [0.1, 0.15) is 0 Å². The number of unbranched alkanes of at least 4 members (excludes halogenated alkanes) is 1. The fourth-order valence-corrected chi connectivity index (χ4v) is 2.96. The molecule has 3 heteroatoms. The number of benzene rings is 2. The molecule has 0 aliphatic heterocycles. The lowest BCUT2D eigenvalue weighted by Gasteiger charge is -2.14. The average molecular weight is 332 g/mol. The third kappa shape index (κ3) is 5.89. The van der Waals surface area contributed by atoms with Crippen LogP contribution in [0.2, 0.25) is 5.02 Å². The second-order valence-corrected chi connectivity index (χ2v) is 6.42. The zero-order valence-electron chi connectivity index (χ0n) is 13.8. The number of hydrogen-bond acceptors (Lipinski definition) is 2. The average Bonchev–Trinajstić information content (AvgIpc) is 2.57. The summed E-state index contributed by atoms with van der Waals surface area (Å²) in [6.45, 7) is 3.41. The molecule has 1 atom stereocenters. The maximum atomic E-state index is 9.10. The van der Waals surface area contributed by atoms with Crippen LogP contribution in [0.4, 0.5) is 5.69 Å². The molecule has 124 valence electrons. The molecule has 0 saturated heterocycles. The van der Waals surface area contributed by atoms with Crippen molar-refractivity contribution < 1.29 is 5.11 Å². The smallest absolute Gasteiger partial charge is 0.0471 e. The van der Waals surface area contributed by atoms with Crippen LogP contribution in [0.5, 0.6) is 0 Å². The molecule has 0 spiro atoms. The van der Waals surface area contributed by atoms with Crippen LogP contribution < -0.4 is 5.32 Å². The first-order valence-electron chi connectivity index (χ1n) is 8.39. The van der Waals surface area contributed by atoms with Crippen molar-refractivity contribution in [3.63, 3.8) is 0 Å². The minimum Gasteiger partial charge on any atom is -0.396 e. The summed E-state index contributed by atoms with van der Waals surface area (Å²) in [5.41, 5.74) is 3.55. The van der Waals surface area contributed by atoms with Crippen LogP contribution in [0.1, 0.15) is 43.2 Å². The molecule has 1 unspecified atom stereocenters. The monoisotopic (exact) mass is 331 g/mol.